The second kappa shape index (κ2) is 8.88. The number of amides is 1. The van der Waals surface area contributed by atoms with Gasteiger partial charge in [0.2, 0.25) is 11.9 Å². The van der Waals surface area contributed by atoms with E-state index in [-0.39, 0.29) is 34.6 Å². The van der Waals surface area contributed by atoms with Gasteiger partial charge in [0.25, 0.3) is 10.0 Å². The molecule has 1 aliphatic carbocycles. The van der Waals surface area contributed by atoms with Gasteiger partial charge in [-0.15, -0.1) is 0 Å². The third-order valence-corrected chi connectivity index (χ3v) is 7.91. The van der Waals surface area contributed by atoms with Crippen LogP contribution in [0.5, 0.6) is 0 Å². The molecule has 2 aliphatic rings. The molecule has 0 unspecified atom stereocenters. The van der Waals surface area contributed by atoms with Crippen molar-refractivity contribution >= 4 is 27.4 Å². The molecular weight excluding hydrogens is 498 g/mol. The van der Waals surface area contributed by atoms with Crippen molar-refractivity contribution in [2.75, 3.05) is 16.2 Å². The number of nitrogens with one attached hydrogen (secondary N) is 1. The summed E-state index contributed by atoms with van der Waals surface area (Å²) in [6, 6.07) is 11.8. The molecule has 1 aromatic heterocycles. The van der Waals surface area contributed by atoms with Crippen LogP contribution in [0.15, 0.2) is 59.5 Å². The van der Waals surface area contributed by atoms with E-state index in [2.05, 4.69) is 9.71 Å². The van der Waals surface area contributed by atoms with E-state index in [4.69, 9.17) is 0 Å². The van der Waals surface area contributed by atoms with Gasteiger partial charge in [-0.1, -0.05) is 18.2 Å². The molecule has 1 saturated heterocycles. The molecule has 0 radical (unpaired) electrons. The lowest BCUT2D eigenvalue weighted by atomic mass is 9.90. The van der Waals surface area contributed by atoms with Gasteiger partial charge in [0.05, 0.1) is 10.5 Å². The number of carbonyl (C=O) groups is 1. The SMILES string of the molecule is O=C1CCCN1c1cc(C(F)(F)F)ccc1[C@@H]1CCc2cc(S(=O)(=O)Nc3cccc(F)n3)ccc21. The zero-order chi connectivity index (χ0) is 25.7. The smallest absolute Gasteiger partial charge is 0.312 e. The first kappa shape index (κ1) is 24.2. The molecule has 0 spiro atoms. The van der Waals surface area contributed by atoms with Crippen molar-refractivity contribution in [2.24, 2.45) is 0 Å². The van der Waals surface area contributed by atoms with Gasteiger partial charge in [-0.05, 0) is 72.4 Å². The number of carbonyl (C=O) groups excluding carboxylic acids is 1. The molecule has 0 bridgehead atoms. The molecule has 2 heterocycles. The Morgan fingerprint density at radius 3 is 2.47 bits per heavy atom. The van der Waals surface area contributed by atoms with Crippen LogP contribution in [0, 0.1) is 5.95 Å². The minimum Gasteiger partial charge on any atom is -0.312 e. The Bertz CT molecular complexity index is 1460. The predicted octanol–water partition coefficient (Wildman–Crippen LogP) is 5.25. The number of aromatic nitrogens is 1. The lowest BCUT2D eigenvalue weighted by Crippen LogP contribution is -2.26. The first-order chi connectivity index (χ1) is 17.0. The van der Waals surface area contributed by atoms with Crippen molar-refractivity contribution in [3.63, 3.8) is 0 Å². The topological polar surface area (TPSA) is 79.4 Å². The summed E-state index contributed by atoms with van der Waals surface area (Å²) in [5, 5.41) is 0. The summed E-state index contributed by atoms with van der Waals surface area (Å²) in [6.45, 7) is 0.351. The van der Waals surface area contributed by atoms with Crippen molar-refractivity contribution in [1.82, 2.24) is 4.98 Å². The molecule has 36 heavy (non-hydrogen) atoms. The number of anilines is 2. The van der Waals surface area contributed by atoms with Crippen LogP contribution in [0.1, 0.15) is 47.4 Å². The van der Waals surface area contributed by atoms with E-state index in [1.165, 1.54) is 35.2 Å². The maximum Gasteiger partial charge on any atom is 0.416 e. The lowest BCUT2D eigenvalue weighted by Gasteiger charge is -2.25. The number of rotatable bonds is 5. The summed E-state index contributed by atoms with van der Waals surface area (Å²) in [5.74, 6) is -1.48. The molecule has 188 valence electrons. The summed E-state index contributed by atoms with van der Waals surface area (Å²) in [5.41, 5.74) is 1.58. The molecule has 11 heteroatoms. The van der Waals surface area contributed by atoms with Crippen molar-refractivity contribution in [3.05, 3.63) is 82.8 Å². The van der Waals surface area contributed by atoms with E-state index in [0.717, 1.165) is 29.3 Å². The van der Waals surface area contributed by atoms with Crippen molar-refractivity contribution in [3.8, 4) is 0 Å². The number of hydrogen-bond donors (Lipinski definition) is 1. The largest absolute Gasteiger partial charge is 0.416 e. The fraction of sp³-hybridized carbons (Fsp3) is 0.280. The third kappa shape index (κ3) is 4.55. The van der Waals surface area contributed by atoms with Crippen LogP contribution in [-0.2, 0) is 27.4 Å². The summed E-state index contributed by atoms with van der Waals surface area (Å²) >= 11 is 0. The van der Waals surface area contributed by atoms with Crippen LogP contribution in [-0.4, -0.2) is 25.9 Å². The minimum atomic E-state index is -4.55. The number of halogens is 4. The van der Waals surface area contributed by atoms with Gasteiger partial charge in [-0.25, -0.2) is 13.4 Å². The standard InChI is InChI=1S/C25H21F4N3O3S/c26-22-3-1-4-23(30-22)31-36(34,35)17-8-11-18-15(13-17)6-9-19(18)20-10-7-16(25(27,28)29)14-21(20)32-12-2-5-24(32)33/h1,3-4,7-8,10-11,13-14,19H,2,5-6,9,12H2,(H,30,31)/t19-/m1/s1. The second-order valence-corrected chi connectivity index (χ2v) is 10.5. The Kier molecular flexibility index (Phi) is 5.98. The van der Waals surface area contributed by atoms with Gasteiger partial charge in [0, 0.05) is 24.6 Å². The highest BCUT2D eigenvalue weighted by atomic mass is 32.2. The Hall–Kier alpha value is -3.47. The predicted molar refractivity (Wildman–Crippen MR) is 125 cm³/mol. The third-order valence-electron chi connectivity index (χ3n) is 6.55. The Morgan fingerprint density at radius 1 is 1.00 bits per heavy atom. The minimum absolute atomic E-state index is 0.0321. The molecule has 1 atom stereocenters. The molecule has 1 fully saturated rings. The molecule has 2 aromatic carbocycles. The van der Waals surface area contributed by atoms with E-state index >= 15 is 0 Å². The van der Waals surface area contributed by atoms with Crippen LogP contribution in [0.3, 0.4) is 0 Å². The molecule has 1 aliphatic heterocycles. The molecule has 0 saturated carbocycles. The number of aryl methyl sites for hydroxylation is 1. The van der Waals surface area contributed by atoms with E-state index in [1.54, 1.807) is 6.07 Å². The van der Waals surface area contributed by atoms with E-state index in [1.807, 2.05) is 0 Å². The Balaban J connectivity index is 1.50. The van der Waals surface area contributed by atoms with E-state index < -0.39 is 27.7 Å². The molecule has 1 amide bonds. The Labute approximate surface area is 205 Å². The molecule has 1 N–H and O–H groups in total. The monoisotopic (exact) mass is 519 g/mol. The highest BCUT2D eigenvalue weighted by molar-refractivity contribution is 7.92. The maximum atomic E-state index is 13.4. The average molecular weight is 520 g/mol. The van der Waals surface area contributed by atoms with Crippen molar-refractivity contribution in [1.29, 1.82) is 0 Å². The fourth-order valence-electron chi connectivity index (χ4n) is 4.90. The summed E-state index contributed by atoms with van der Waals surface area (Å²) in [4.78, 5) is 17.3. The van der Waals surface area contributed by atoms with E-state index in [9.17, 15) is 30.8 Å². The molecule has 6 nitrogen and oxygen atoms in total. The number of pyridine rings is 1. The van der Waals surface area contributed by atoms with Crippen LogP contribution < -0.4 is 9.62 Å². The van der Waals surface area contributed by atoms with Gasteiger partial charge in [0.1, 0.15) is 5.82 Å². The van der Waals surface area contributed by atoms with Gasteiger partial charge in [-0.3, -0.25) is 9.52 Å². The number of benzene rings is 2. The molecule has 5 rings (SSSR count). The van der Waals surface area contributed by atoms with Gasteiger partial charge in [-0.2, -0.15) is 17.6 Å². The van der Waals surface area contributed by atoms with E-state index in [0.29, 0.717) is 31.4 Å². The highest BCUT2D eigenvalue weighted by Crippen LogP contribution is 2.45. The number of hydrogen-bond acceptors (Lipinski definition) is 4. The van der Waals surface area contributed by atoms with Gasteiger partial charge >= 0.3 is 6.18 Å². The number of alkyl halides is 3. The van der Waals surface area contributed by atoms with Crippen LogP contribution in [0.4, 0.5) is 29.1 Å². The zero-order valence-corrected chi connectivity index (χ0v) is 19.7. The van der Waals surface area contributed by atoms with Gasteiger partial charge in [0.15, 0.2) is 0 Å². The first-order valence-corrected chi connectivity index (χ1v) is 12.8. The normalized spacial score (nSPS) is 17.9. The fourth-order valence-corrected chi connectivity index (χ4v) is 5.95. The highest BCUT2D eigenvalue weighted by Gasteiger charge is 2.36. The van der Waals surface area contributed by atoms with Gasteiger partial charge < -0.3 is 4.90 Å². The lowest BCUT2D eigenvalue weighted by molar-refractivity contribution is -0.137. The average Bonchev–Trinajstić information content (AvgIpc) is 3.43. The van der Waals surface area contributed by atoms with Crippen molar-refractivity contribution in [2.45, 2.75) is 42.7 Å². The summed E-state index contributed by atoms with van der Waals surface area (Å²) < 4.78 is 81.6. The van der Waals surface area contributed by atoms with Crippen LogP contribution in [0.2, 0.25) is 0 Å². The maximum absolute atomic E-state index is 13.4. The summed E-state index contributed by atoms with van der Waals surface area (Å²) in [6.07, 6.45) is -2.62. The quantitative estimate of drug-likeness (QED) is 0.369. The zero-order valence-electron chi connectivity index (χ0n) is 18.8. The molecular formula is C25H21F4N3O3S. The number of sulfonamides is 1. The van der Waals surface area contributed by atoms with Crippen molar-refractivity contribution < 1.29 is 30.8 Å². The summed E-state index contributed by atoms with van der Waals surface area (Å²) in [7, 11) is -4.04. The Morgan fingerprint density at radius 2 is 1.78 bits per heavy atom. The first-order valence-electron chi connectivity index (χ1n) is 11.3. The number of fused-ring (bicyclic) bond motifs is 1. The second-order valence-electron chi connectivity index (χ2n) is 8.82. The van der Waals surface area contributed by atoms with Crippen LogP contribution in [0.25, 0.3) is 0 Å². The van der Waals surface area contributed by atoms with Crippen LogP contribution >= 0.6 is 0 Å². The molecule has 3 aromatic rings. The number of nitrogens with zero attached hydrogens (tertiary/aromatic N) is 2.